The van der Waals surface area contributed by atoms with Gasteiger partial charge >= 0.3 is 0 Å². The Balaban J connectivity index is 2.19. The van der Waals surface area contributed by atoms with E-state index in [1.807, 2.05) is 27.7 Å². The van der Waals surface area contributed by atoms with Crippen molar-refractivity contribution in [1.82, 2.24) is 10.3 Å². The number of rotatable bonds is 7. The van der Waals surface area contributed by atoms with E-state index in [2.05, 4.69) is 10.3 Å². The second-order valence-corrected chi connectivity index (χ2v) is 4.42. The van der Waals surface area contributed by atoms with Crippen LogP contribution in [-0.2, 0) is 11.3 Å². The van der Waals surface area contributed by atoms with Crippen LogP contribution in [0.4, 0.5) is 0 Å². The highest BCUT2D eigenvalue weighted by Gasteiger charge is 2.08. The monoisotopic (exact) mass is 242 g/mol. The number of ether oxygens (including phenoxy) is 1. The van der Waals surface area contributed by atoms with Gasteiger partial charge in [0.25, 0.3) is 0 Å². The number of oxazole rings is 1. The molecule has 0 aliphatic rings. The summed E-state index contributed by atoms with van der Waals surface area (Å²) in [7, 11) is 0. The molecular formula is C12H22N2O3. The molecule has 1 atom stereocenters. The number of aryl methyl sites for hydroxylation is 2. The van der Waals surface area contributed by atoms with E-state index in [0.717, 1.165) is 11.5 Å². The molecule has 0 saturated heterocycles. The molecule has 0 amide bonds. The number of aliphatic hydroxyl groups excluding tert-OH is 1. The molecule has 1 aromatic rings. The number of aromatic nitrogens is 1. The molecule has 0 aliphatic carbocycles. The van der Waals surface area contributed by atoms with Crippen molar-refractivity contribution in [2.45, 2.75) is 46.4 Å². The summed E-state index contributed by atoms with van der Waals surface area (Å²) < 4.78 is 10.7. The molecule has 0 bridgehead atoms. The lowest BCUT2D eigenvalue weighted by Gasteiger charge is -2.13. The van der Waals surface area contributed by atoms with Crippen molar-refractivity contribution < 1.29 is 14.3 Å². The molecule has 0 aromatic carbocycles. The van der Waals surface area contributed by atoms with Crippen LogP contribution in [0.2, 0.25) is 0 Å². The third-order valence-corrected chi connectivity index (χ3v) is 2.35. The SMILES string of the molecule is Cc1nc(CNCC(O)COC(C)C)oc1C. The summed E-state index contributed by atoms with van der Waals surface area (Å²) in [5, 5.41) is 12.7. The maximum absolute atomic E-state index is 9.60. The van der Waals surface area contributed by atoms with Gasteiger partial charge in [0.2, 0.25) is 5.89 Å². The molecule has 2 N–H and O–H groups in total. The highest BCUT2D eigenvalue weighted by Crippen LogP contribution is 2.07. The summed E-state index contributed by atoms with van der Waals surface area (Å²) in [6.45, 7) is 9.01. The maximum atomic E-state index is 9.60. The van der Waals surface area contributed by atoms with E-state index < -0.39 is 6.10 Å². The summed E-state index contributed by atoms with van der Waals surface area (Å²) >= 11 is 0. The van der Waals surface area contributed by atoms with Crippen LogP contribution in [-0.4, -0.2) is 35.5 Å². The fourth-order valence-electron chi connectivity index (χ4n) is 1.32. The highest BCUT2D eigenvalue weighted by atomic mass is 16.5. The Labute approximate surface area is 102 Å². The van der Waals surface area contributed by atoms with Crippen LogP contribution < -0.4 is 5.32 Å². The largest absolute Gasteiger partial charge is 0.444 e. The zero-order valence-electron chi connectivity index (χ0n) is 11.0. The number of hydrogen-bond donors (Lipinski definition) is 2. The second-order valence-electron chi connectivity index (χ2n) is 4.42. The average molecular weight is 242 g/mol. The highest BCUT2D eigenvalue weighted by molar-refractivity contribution is 5.05. The zero-order chi connectivity index (χ0) is 12.8. The predicted octanol–water partition coefficient (Wildman–Crippen LogP) is 1.17. The Morgan fingerprint density at radius 3 is 2.65 bits per heavy atom. The maximum Gasteiger partial charge on any atom is 0.208 e. The van der Waals surface area contributed by atoms with E-state index in [1.165, 1.54) is 0 Å². The molecule has 5 heteroatoms. The minimum Gasteiger partial charge on any atom is -0.444 e. The first-order valence-electron chi connectivity index (χ1n) is 5.92. The third-order valence-electron chi connectivity index (χ3n) is 2.35. The lowest BCUT2D eigenvalue weighted by Crippen LogP contribution is -2.31. The minimum absolute atomic E-state index is 0.140. The van der Waals surface area contributed by atoms with Gasteiger partial charge in [-0.05, 0) is 27.7 Å². The summed E-state index contributed by atoms with van der Waals surface area (Å²) in [5.41, 5.74) is 0.908. The van der Waals surface area contributed by atoms with Gasteiger partial charge in [0.15, 0.2) is 0 Å². The number of nitrogens with zero attached hydrogens (tertiary/aromatic N) is 1. The van der Waals surface area contributed by atoms with Gasteiger partial charge < -0.3 is 19.6 Å². The smallest absolute Gasteiger partial charge is 0.208 e. The molecule has 0 aliphatic heterocycles. The summed E-state index contributed by atoms with van der Waals surface area (Å²) in [6, 6.07) is 0. The fraction of sp³-hybridized carbons (Fsp3) is 0.750. The normalized spacial score (nSPS) is 13.3. The van der Waals surface area contributed by atoms with Crippen molar-refractivity contribution in [2.75, 3.05) is 13.2 Å². The van der Waals surface area contributed by atoms with Crippen molar-refractivity contribution >= 4 is 0 Å². The van der Waals surface area contributed by atoms with Crippen molar-refractivity contribution in [3.05, 3.63) is 17.3 Å². The Kier molecular flexibility index (Phi) is 5.61. The van der Waals surface area contributed by atoms with Gasteiger partial charge in [-0.15, -0.1) is 0 Å². The van der Waals surface area contributed by atoms with E-state index in [0.29, 0.717) is 25.6 Å². The standard InChI is InChI=1S/C12H22N2O3/c1-8(2)16-7-11(15)5-13-6-12-14-9(3)10(4)17-12/h8,11,13,15H,5-7H2,1-4H3. The topological polar surface area (TPSA) is 67.5 Å². The van der Waals surface area contributed by atoms with E-state index in [-0.39, 0.29) is 6.10 Å². The molecule has 0 spiro atoms. The predicted molar refractivity (Wildman–Crippen MR) is 64.8 cm³/mol. The molecule has 1 aromatic heterocycles. The Hall–Kier alpha value is -0.910. The van der Waals surface area contributed by atoms with Gasteiger partial charge in [0.1, 0.15) is 5.76 Å². The van der Waals surface area contributed by atoms with Gasteiger partial charge in [-0.2, -0.15) is 0 Å². The Bertz CT molecular complexity index is 317. The van der Waals surface area contributed by atoms with Crippen LogP contribution >= 0.6 is 0 Å². The van der Waals surface area contributed by atoms with Crippen LogP contribution in [0.1, 0.15) is 31.2 Å². The Morgan fingerprint density at radius 2 is 2.12 bits per heavy atom. The summed E-state index contributed by atoms with van der Waals surface area (Å²) in [4.78, 5) is 4.24. The zero-order valence-corrected chi connectivity index (χ0v) is 11.0. The van der Waals surface area contributed by atoms with Gasteiger partial charge in [-0.25, -0.2) is 4.98 Å². The van der Waals surface area contributed by atoms with Crippen LogP contribution in [0.5, 0.6) is 0 Å². The first-order valence-corrected chi connectivity index (χ1v) is 5.92. The molecule has 98 valence electrons. The van der Waals surface area contributed by atoms with Gasteiger partial charge in [-0.3, -0.25) is 0 Å². The van der Waals surface area contributed by atoms with Crippen LogP contribution in [0, 0.1) is 13.8 Å². The quantitative estimate of drug-likeness (QED) is 0.751. The van der Waals surface area contributed by atoms with Crippen LogP contribution in [0.15, 0.2) is 4.42 Å². The summed E-state index contributed by atoms with van der Waals surface area (Å²) in [6.07, 6.45) is -0.365. The van der Waals surface area contributed by atoms with Crippen molar-refractivity contribution in [1.29, 1.82) is 0 Å². The minimum atomic E-state index is -0.505. The fourth-order valence-corrected chi connectivity index (χ4v) is 1.32. The Morgan fingerprint density at radius 1 is 1.41 bits per heavy atom. The van der Waals surface area contributed by atoms with E-state index in [1.54, 1.807) is 0 Å². The third kappa shape index (κ3) is 5.30. The first-order chi connectivity index (χ1) is 7.99. The lowest BCUT2D eigenvalue weighted by molar-refractivity contribution is 0.00613. The van der Waals surface area contributed by atoms with Crippen molar-refractivity contribution in [3.8, 4) is 0 Å². The first kappa shape index (κ1) is 14.2. The van der Waals surface area contributed by atoms with Gasteiger partial charge in [-0.1, -0.05) is 0 Å². The molecule has 1 heterocycles. The molecule has 17 heavy (non-hydrogen) atoms. The lowest BCUT2D eigenvalue weighted by atomic mass is 10.3. The van der Waals surface area contributed by atoms with Gasteiger partial charge in [0.05, 0.1) is 31.1 Å². The van der Waals surface area contributed by atoms with Crippen LogP contribution in [0.3, 0.4) is 0 Å². The molecule has 1 unspecified atom stereocenters. The van der Waals surface area contributed by atoms with Crippen LogP contribution in [0.25, 0.3) is 0 Å². The number of aliphatic hydroxyl groups is 1. The van der Waals surface area contributed by atoms with Crippen molar-refractivity contribution in [3.63, 3.8) is 0 Å². The van der Waals surface area contributed by atoms with Crippen molar-refractivity contribution in [2.24, 2.45) is 0 Å². The molecular weight excluding hydrogens is 220 g/mol. The molecule has 0 fully saturated rings. The average Bonchev–Trinajstić information content (AvgIpc) is 2.55. The van der Waals surface area contributed by atoms with E-state index in [4.69, 9.17) is 9.15 Å². The molecule has 0 saturated carbocycles. The summed E-state index contributed by atoms with van der Waals surface area (Å²) in [5.74, 6) is 1.49. The molecule has 1 rings (SSSR count). The van der Waals surface area contributed by atoms with E-state index >= 15 is 0 Å². The van der Waals surface area contributed by atoms with Gasteiger partial charge in [0, 0.05) is 6.54 Å². The number of hydrogen-bond acceptors (Lipinski definition) is 5. The van der Waals surface area contributed by atoms with E-state index in [9.17, 15) is 5.11 Å². The second kappa shape index (κ2) is 6.74. The molecule has 0 radical (unpaired) electrons. The number of nitrogens with one attached hydrogen (secondary N) is 1. The molecule has 5 nitrogen and oxygen atoms in total.